The summed E-state index contributed by atoms with van der Waals surface area (Å²) < 4.78 is 27.6. The number of carbonyl (C=O) groups is 1. The van der Waals surface area contributed by atoms with Crippen LogP contribution in [-0.2, 0) is 4.79 Å². The summed E-state index contributed by atoms with van der Waals surface area (Å²) in [5.41, 5.74) is -1.47. The lowest BCUT2D eigenvalue weighted by Gasteiger charge is -2.19. The van der Waals surface area contributed by atoms with Gasteiger partial charge in [0.05, 0.1) is 11.6 Å². The Kier molecular flexibility index (Phi) is 5.00. The molecule has 0 spiro atoms. The number of aromatic hydroxyl groups is 1. The molecule has 0 fully saturated rings. The van der Waals surface area contributed by atoms with E-state index in [1.807, 2.05) is 0 Å². The van der Waals surface area contributed by atoms with Crippen LogP contribution in [0, 0.1) is 11.6 Å². The zero-order valence-corrected chi connectivity index (χ0v) is 15.0. The first-order chi connectivity index (χ1) is 13.2. The van der Waals surface area contributed by atoms with E-state index in [0.29, 0.717) is 10.6 Å². The van der Waals surface area contributed by atoms with Gasteiger partial charge in [-0.05, 0) is 32.0 Å². The first kappa shape index (κ1) is 19.3. The molecule has 2 atom stereocenters. The molecule has 0 aliphatic heterocycles. The number of phenols is 1. The number of aromatic amines is 1. The summed E-state index contributed by atoms with van der Waals surface area (Å²) in [6.07, 6.45) is 0. The largest absolute Gasteiger partial charge is 0.507 e. The van der Waals surface area contributed by atoms with Gasteiger partial charge in [0.1, 0.15) is 28.8 Å². The molecule has 1 unspecified atom stereocenters. The van der Waals surface area contributed by atoms with E-state index < -0.39 is 40.9 Å². The van der Waals surface area contributed by atoms with Gasteiger partial charge in [0.15, 0.2) is 0 Å². The molecule has 0 bridgehead atoms. The molecule has 1 amide bonds. The molecule has 0 radical (unpaired) electrons. The Labute approximate surface area is 157 Å². The van der Waals surface area contributed by atoms with Crippen molar-refractivity contribution in [1.82, 2.24) is 14.9 Å². The number of nitrogens with one attached hydrogen (secondary N) is 2. The van der Waals surface area contributed by atoms with Crippen LogP contribution in [0.5, 0.6) is 5.75 Å². The van der Waals surface area contributed by atoms with Gasteiger partial charge in [-0.3, -0.25) is 9.59 Å². The van der Waals surface area contributed by atoms with E-state index in [9.17, 15) is 28.3 Å². The molecule has 1 heterocycles. The minimum Gasteiger partial charge on any atom is -0.507 e. The monoisotopic (exact) mass is 389 g/mol. The zero-order chi connectivity index (χ0) is 20.6. The van der Waals surface area contributed by atoms with Crippen molar-refractivity contribution in [3.05, 3.63) is 74.4 Å². The first-order valence-electron chi connectivity index (χ1n) is 8.42. The maximum Gasteiger partial charge on any atom is 0.329 e. The molecule has 2 aromatic carbocycles. The predicted molar refractivity (Wildman–Crippen MR) is 98.1 cm³/mol. The SMILES string of the molecule is CC(C(=O)N[C@@H](C)c1ccc(F)cc1F)n1c(=O)[nH]c2cccc(O)c2c1=O. The van der Waals surface area contributed by atoms with E-state index in [4.69, 9.17) is 0 Å². The van der Waals surface area contributed by atoms with Crippen molar-refractivity contribution in [2.75, 3.05) is 0 Å². The van der Waals surface area contributed by atoms with Gasteiger partial charge < -0.3 is 15.4 Å². The van der Waals surface area contributed by atoms with E-state index in [2.05, 4.69) is 10.3 Å². The highest BCUT2D eigenvalue weighted by Crippen LogP contribution is 2.20. The molecule has 0 saturated carbocycles. The van der Waals surface area contributed by atoms with Gasteiger partial charge in [0.2, 0.25) is 5.91 Å². The second-order valence-corrected chi connectivity index (χ2v) is 6.38. The number of aromatic nitrogens is 2. The van der Waals surface area contributed by atoms with E-state index in [-0.39, 0.29) is 22.2 Å². The van der Waals surface area contributed by atoms with Crippen LogP contribution in [0.1, 0.15) is 31.5 Å². The lowest BCUT2D eigenvalue weighted by Crippen LogP contribution is -2.44. The van der Waals surface area contributed by atoms with Crippen molar-refractivity contribution in [2.24, 2.45) is 0 Å². The van der Waals surface area contributed by atoms with Crippen LogP contribution in [-0.4, -0.2) is 20.6 Å². The maximum atomic E-state index is 13.9. The third kappa shape index (κ3) is 3.38. The Morgan fingerprint density at radius 3 is 2.57 bits per heavy atom. The first-order valence-corrected chi connectivity index (χ1v) is 8.42. The van der Waals surface area contributed by atoms with E-state index >= 15 is 0 Å². The van der Waals surface area contributed by atoms with Crippen molar-refractivity contribution < 1.29 is 18.7 Å². The van der Waals surface area contributed by atoms with Crippen molar-refractivity contribution >= 4 is 16.8 Å². The van der Waals surface area contributed by atoms with Crippen LogP contribution in [0.3, 0.4) is 0 Å². The quantitative estimate of drug-likeness (QED) is 0.636. The summed E-state index contributed by atoms with van der Waals surface area (Å²) in [4.78, 5) is 40.0. The molecule has 0 aliphatic rings. The summed E-state index contributed by atoms with van der Waals surface area (Å²) in [6.45, 7) is 2.81. The van der Waals surface area contributed by atoms with Crippen molar-refractivity contribution in [3.8, 4) is 5.75 Å². The number of hydrogen-bond acceptors (Lipinski definition) is 4. The number of carbonyl (C=O) groups excluding carboxylic acids is 1. The molecule has 0 saturated heterocycles. The van der Waals surface area contributed by atoms with Gasteiger partial charge in [-0.1, -0.05) is 12.1 Å². The Morgan fingerprint density at radius 1 is 1.18 bits per heavy atom. The normalized spacial score (nSPS) is 13.3. The van der Waals surface area contributed by atoms with Gasteiger partial charge >= 0.3 is 5.69 Å². The van der Waals surface area contributed by atoms with Gasteiger partial charge in [0.25, 0.3) is 5.56 Å². The Morgan fingerprint density at radius 2 is 1.89 bits per heavy atom. The molecule has 3 aromatic rings. The van der Waals surface area contributed by atoms with Crippen LogP contribution < -0.4 is 16.6 Å². The standard InChI is InChI=1S/C19H17F2N3O4/c1-9(12-7-6-11(20)8-13(12)21)22-17(26)10(2)24-18(27)16-14(23-19(24)28)4-3-5-15(16)25/h3-10,25H,1-2H3,(H,22,26)(H,23,28)/t9-,10?/m0/s1. The number of halogens is 2. The second-order valence-electron chi connectivity index (χ2n) is 6.38. The number of rotatable bonds is 4. The number of nitrogens with zero attached hydrogens (tertiary/aromatic N) is 1. The highest BCUT2D eigenvalue weighted by molar-refractivity contribution is 5.85. The fourth-order valence-electron chi connectivity index (χ4n) is 2.99. The minimum atomic E-state index is -1.24. The minimum absolute atomic E-state index is 0.0550. The molecule has 28 heavy (non-hydrogen) atoms. The van der Waals surface area contributed by atoms with E-state index in [0.717, 1.165) is 6.07 Å². The highest BCUT2D eigenvalue weighted by Gasteiger charge is 2.23. The van der Waals surface area contributed by atoms with Crippen LogP contribution in [0.15, 0.2) is 46.0 Å². The van der Waals surface area contributed by atoms with Crippen LogP contribution in [0.2, 0.25) is 0 Å². The van der Waals surface area contributed by atoms with Crippen molar-refractivity contribution in [3.63, 3.8) is 0 Å². The van der Waals surface area contributed by atoms with Gasteiger partial charge in [-0.25, -0.2) is 18.1 Å². The summed E-state index contributed by atoms with van der Waals surface area (Å²) in [5, 5.41) is 12.3. The number of benzene rings is 2. The summed E-state index contributed by atoms with van der Waals surface area (Å²) in [5.74, 6) is -2.63. The number of amides is 1. The molecule has 3 N–H and O–H groups in total. The molecule has 146 valence electrons. The number of phenolic OH excluding ortho intramolecular Hbond substituents is 1. The van der Waals surface area contributed by atoms with Gasteiger partial charge in [-0.2, -0.15) is 0 Å². The molecule has 0 aliphatic carbocycles. The fourth-order valence-corrected chi connectivity index (χ4v) is 2.99. The third-order valence-electron chi connectivity index (χ3n) is 4.49. The molecule has 3 rings (SSSR count). The number of H-pyrrole nitrogens is 1. The predicted octanol–water partition coefficient (Wildman–Crippen LogP) is 2.11. The molecule has 9 heteroatoms. The molecule has 7 nitrogen and oxygen atoms in total. The molecule has 1 aromatic heterocycles. The van der Waals surface area contributed by atoms with Crippen LogP contribution in [0.25, 0.3) is 10.9 Å². The second kappa shape index (κ2) is 7.26. The molecular formula is C19H17F2N3O4. The maximum absolute atomic E-state index is 13.9. The topological polar surface area (TPSA) is 104 Å². The molecular weight excluding hydrogens is 372 g/mol. The lowest BCUT2D eigenvalue weighted by atomic mass is 10.1. The van der Waals surface area contributed by atoms with Gasteiger partial charge in [-0.15, -0.1) is 0 Å². The zero-order valence-electron chi connectivity index (χ0n) is 15.0. The van der Waals surface area contributed by atoms with Crippen LogP contribution in [0.4, 0.5) is 8.78 Å². The average molecular weight is 389 g/mol. The fraction of sp³-hybridized carbons (Fsp3) is 0.211. The number of hydrogen-bond donors (Lipinski definition) is 3. The smallest absolute Gasteiger partial charge is 0.329 e. The van der Waals surface area contributed by atoms with Crippen molar-refractivity contribution in [2.45, 2.75) is 25.9 Å². The number of fused-ring (bicyclic) bond motifs is 1. The lowest BCUT2D eigenvalue weighted by molar-refractivity contribution is -0.124. The van der Waals surface area contributed by atoms with Crippen molar-refractivity contribution in [1.29, 1.82) is 0 Å². The summed E-state index contributed by atoms with van der Waals surface area (Å²) in [7, 11) is 0. The third-order valence-corrected chi connectivity index (χ3v) is 4.49. The van der Waals surface area contributed by atoms with Gasteiger partial charge in [0, 0.05) is 11.6 Å². The average Bonchev–Trinajstić information content (AvgIpc) is 2.61. The highest BCUT2D eigenvalue weighted by atomic mass is 19.1. The Bertz CT molecular complexity index is 1190. The summed E-state index contributed by atoms with van der Waals surface area (Å²) in [6, 6.07) is 5.09. The van der Waals surface area contributed by atoms with Crippen LogP contribution >= 0.6 is 0 Å². The van der Waals surface area contributed by atoms with E-state index in [1.54, 1.807) is 0 Å². The summed E-state index contributed by atoms with van der Waals surface area (Å²) >= 11 is 0. The van der Waals surface area contributed by atoms with E-state index in [1.165, 1.54) is 38.1 Å². The Balaban J connectivity index is 1.94. The Hall–Kier alpha value is -3.49.